The number of rotatable bonds is 19. The minimum Gasteiger partial charge on any atom is -0.477 e. The van der Waals surface area contributed by atoms with Crippen molar-refractivity contribution in [3.8, 4) is 0 Å². The van der Waals surface area contributed by atoms with Gasteiger partial charge in [-0.15, -0.1) is 0 Å². The molecule has 1 N–H and O–H groups in total. The first kappa shape index (κ1) is 54.2. The van der Waals surface area contributed by atoms with E-state index < -0.39 is 125 Å². The summed E-state index contributed by atoms with van der Waals surface area (Å²) in [4.78, 5) is 10.6. The standard InChI is InChI=1S/C22H13F32NO2/c1-55(2,5-7(56)57)4-3-6(23)8(24,25)9(26,27)10(28,29)11(30,31)12(32,33)13(34,35)14(36,37)15(38,39)16(40,41)17(42,43)18(44,45)19(46,47)20(48,49)21(50,51)22(52,53)54/h6H,3-5H2,1-2H3/p+1. The Bertz CT molecular complexity index is 1460. The van der Waals surface area contributed by atoms with Crippen LogP contribution < -0.4 is 0 Å². The molecule has 0 aromatic heterocycles. The summed E-state index contributed by atoms with van der Waals surface area (Å²) in [6.45, 7) is -2.89. The molecule has 57 heavy (non-hydrogen) atoms. The minimum atomic E-state index is -10.2. The predicted molar refractivity (Wildman–Crippen MR) is 114 cm³/mol. The fourth-order valence-corrected chi connectivity index (χ4v) is 3.84. The summed E-state index contributed by atoms with van der Waals surface area (Å²) in [7, 11) is 1.18. The smallest absolute Gasteiger partial charge is 0.460 e. The molecule has 0 aromatic carbocycles. The number of carbonyl (C=O) groups is 1. The SMILES string of the molecule is C[N+](C)(CCC(F)C(F)(F)C(F)(F)C(F)(F)C(F)(F)C(F)(F)C(F)(F)C(F)(F)C(F)(F)C(F)(F)C(F)(F)C(F)(F)C(F)(F)C(F)(F)C(F)(F)C(F)(F)F)CC(=O)O. The summed E-state index contributed by atoms with van der Waals surface area (Å²) in [5.74, 6) is -136. The number of quaternary nitrogens is 1. The summed E-state index contributed by atoms with van der Waals surface area (Å²) < 4.78 is 435. The van der Waals surface area contributed by atoms with Crippen LogP contribution in [0.1, 0.15) is 6.42 Å². The van der Waals surface area contributed by atoms with E-state index in [1.807, 2.05) is 0 Å². The van der Waals surface area contributed by atoms with Gasteiger partial charge in [-0.25, -0.2) is 9.18 Å². The zero-order valence-corrected chi connectivity index (χ0v) is 26.1. The first-order chi connectivity index (χ1) is 24.0. The van der Waals surface area contributed by atoms with Crippen molar-refractivity contribution in [2.24, 2.45) is 0 Å². The zero-order valence-electron chi connectivity index (χ0n) is 26.1. The second-order valence-corrected chi connectivity index (χ2v) is 12.1. The Morgan fingerprint density at radius 1 is 0.404 bits per heavy atom. The second-order valence-electron chi connectivity index (χ2n) is 12.1. The topological polar surface area (TPSA) is 37.3 Å². The van der Waals surface area contributed by atoms with E-state index in [-0.39, 0.29) is 0 Å². The van der Waals surface area contributed by atoms with E-state index >= 15 is 0 Å². The fraction of sp³-hybridized carbons (Fsp3) is 0.955. The van der Waals surface area contributed by atoms with Crippen molar-refractivity contribution in [3.63, 3.8) is 0 Å². The van der Waals surface area contributed by atoms with Gasteiger partial charge in [-0.1, -0.05) is 0 Å². The third-order valence-corrected chi connectivity index (χ3v) is 7.45. The lowest BCUT2D eigenvalue weighted by Crippen LogP contribution is -2.79. The summed E-state index contributed by atoms with van der Waals surface area (Å²) in [6.07, 6.45) is -16.0. The number of aliphatic carboxylic acids is 1. The molecular weight excluding hydrogens is 918 g/mol. The number of hydrogen-bond acceptors (Lipinski definition) is 1. The largest absolute Gasteiger partial charge is 0.477 e. The van der Waals surface area contributed by atoms with Crippen LogP contribution in [0.2, 0.25) is 0 Å². The molecule has 0 aliphatic carbocycles. The Hall–Kier alpha value is -2.81. The number of likely N-dealkylation sites (N-methyl/N-ethyl adjacent to an activating group) is 1. The first-order valence-corrected chi connectivity index (χ1v) is 13.1. The molecule has 0 saturated carbocycles. The van der Waals surface area contributed by atoms with Gasteiger partial charge in [0.2, 0.25) is 0 Å². The zero-order chi connectivity index (χ0) is 47.3. The average molecular weight is 932 g/mol. The number of halogens is 32. The van der Waals surface area contributed by atoms with Crippen molar-refractivity contribution in [3.05, 3.63) is 0 Å². The molecule has 1 atom stereocenters. The Kier molecular flexibility index (Phi) is 13.2. The highest BCUT2D eigenvalue weighted by molar-refractivity contribution is 5.67. The first-order valence-electron chi connectivity index (χ1n) is 13.1. The third-order valence-electron chi connectivity index (χ3n) is 7.45. The lowest BCUT2D eigenvalue weighted by molar-refractivity contribution is -0.883. The highest BCUT2D eigenvalue weighted by Gasteiger charge is 3.01. The highest BCUT2D eigenvalue weighted by Crippen LogP contribution is 2.69. The maximum atomic E-state index is 14.1. The molecule has 0 fully saturated rings. The van der Waals surface area contributed by atoms with E-state index in [9.17, 15) is 145 Å². The molecule has 0 spiro atoms. The van der Waals surface area contributed by atoms with Gasteiger partial charge < -0.3 is 9.59 Å². The molecule has 1 unspecified atom stereocenters. The normalized spacial score (nSPS) is 17.2. The molecule has 342 valence electrons. The molecule has 0 amide bonds. The molecule has 35 heteroatoms. The van der Waals surface area contributed by atoms with E-state index in [0.717, 1.165) is 0 Å². The molecule has 0 rings (SSSR count). The van der Waals surface area contributed by atoms with Crippen LogP contribution in [0.15, 0.2) is 0 Å². The molecule has 0 saturated heterocycles. The van der Waals surface area contributed by atoms with Crippen molar-refractivity contribution in [2.75, 3.05) is 27.2 Å². The third kappa shape index (κ3) is 7.09. The van der Waals surface area contributed by atoms with E-state index in [0.29, 0.717) is 14.1 Å². The Morgan fingerprint density at radius 2 is 0.596 bits per heavy atom. The molecule has 3 nitrogen and oxygen atoms in total. The van der Waals surface area contributed by atoms with Gasteiger partial charge in [0.25, 0.3) is 0 Å². The van der Waals surface area contributed by atoms with Crippen molar-refractivity contribution < 1.29 is 155 Å². The van der Waals surface area contributed by atoms with Crippen LogP contribution >= 0.6 is 0 Å². The van der Waals surface area contributed by atoms with Crippen LogP contribution in [0, 0.1) is 0 Å². The molecule has 0 aromatic rings. The fourth-order valence-electron chi connectivity index (χ4n) is 3.84. The quantitative estimate of drug-likeness (QED) is 0.104. The Morgan fingerprint density at radius 3 is 0.789 bits per heavy atom. The van der Waals surface area contributed by atoms with Gasteiger partial charge in [0.1, 0.15) is 0 Å². The molecule has 0 aliphatic rings. The van der Waals surface area contributed by atoms with Crippen molar-refractivity contribution >= 4 is 5.97 Å². The van der Waals surface area contributed by atoms with Gasteiger partial charge in [0.05, 0.1) is 20.6 Å². The van der Waals surface area contributed by atoms with E-state index in [2.05, 4.69) is 0 Å². The number of alkyl halides is 32. The van der Waals surface area contributed by atoms with Gasteiger partial charge in [-0.2, -0.15) is 136 Å². The van der Waals surface area contributed by atoms with E-state index in [1.165, 1.54) is 0 Å². The minimum absolute atomic E-state index is 0.589. The maximum absolute atomic E-state index is 14.1. The van der Waals surface area contributed by atoms with Gasteiger partial charge in [0, 0.05) is 6.42 Å². The lowest BCUT2D eigenvalue weighted by Gasteiger charge is -2.46. The van der Waals surface area contributed by atoms with Gasteiger partial charge >= 0.3 is 95.1 Å². The van der Waals surface area contributed by atoms with E-state index in [1.54, 1.807) is 0 Å². The molecule has 0 bridgehead atoms. The monoisotopic (exact) mass is 932 g/mol. The van der Waals surface area contributed by atoms with Crippen LogP contribution in [-0.4, -0.2) is 138 Å². The molecule has 0 heterocycles. The van der Waals surface area contributed by atoms with Gasteiger partial charge in [0.15, 0.2) is 12.7 Å². The van der Waals surface area contributed by atoms with Crippen LogP contribution in [-0.2, 0) is 4.79 Å². The Balaban J connectivity index is 7.51. The molecular formula is C22H14F32NO2+. The van der Waals surface area contributed by atoms with Crippen molar-refractivity contribution in [1.29, 1.82) is 0 Å². The maximum Gasteiger partial charge on any atom is 0.460 e. The summed E-state index contributed by atoms with van der Waals surface area (Å²) >= 11 is 0. The van der Waals surface area contributed by atoms with Crippen LogP contribution in [0.5, 0.6) is 0 Å². The molecule has 0 radical (unpaired) electrons. The summed E-state index contributed by atoms with van der Waals surface area (Å²) in [5.41, 5.74) is 0. The number of carboxylic acid groups (broad SMARTS) is 1. The number of nitrogens with zero attached hydrogens (tertiary/aromatic N) is 1. The average Bonchev–Trinajstić information content (AvgIpc) is 2.97. The van der Waals surface area contributed by atoms with E-state index in [4.69, 9.17) is 5.11 Å². The Labute approximate surface area is 291 Å². The summed E-state index contributed by atoms with van der Waals surface area (Å²) in [6, 6.07) is 0. The van der Waals surface area contributed by atoms with Crippen LogP contribution in [0.4, 0.5) is 140 Å². The van der Waals surface area contributed by atoms with Gasteiger partial charge in [-0.3, -0.25) is 0 Å². The van der Waals surface area contributed by atoms with Crippen LogP contribution in [0.3, 0.4) is 0 Å². The molecule has 0 aliphatic heterocycles. The van der Waals surface area contributed by atoms with Crippen molar-refractivity contribution in [1.82, 2.24) is 0 Å². The lowest BCUT2D eigenvalue weighted by atomic mass is 9.82. The second kappa shape index (κ2) is 13.9. The number of carboxylic acids is 1. The van der Waals surface area contributed by atoms with Gasteiger partial charge in [-0.05, 0) is 0 Å². The highest BCUT2D eigenvalue weighted by atomic mass is 19.4. The van der Waals surface area contributed by atoms with Crippen LogP contribution in [0.25, 0.3) is 0 Å². The number of hydrogen-bond donors (Lipinski definition) is 1. The predicted octanol–water partition coefficient (Wildman–Crippen LogP) is 10.3. The van der Waals surface area contributed by atoms with Crippen molar-refractivity contribution in [2.45, 2.75) is 102 Å². The summed E-state index contributed by atoms with van der Waals surface area (Å²) in [5, 5.41) is 8.56.